The van der Waals surface area contributed by atoms with Crippen molar-refractivity contribution in [3.05, 3.63) is 81.5 Å². The lowest BCUT2D eigenvalue weighted by Gasteiger charge is -2.26. The summed E-state index contributed by atoms with van der Waals surface area (Å²) in [6, 6.07) is 15.3. The number of fused-ring (bicyclic) bond motifs is 3. The molecular formula is C19H12N2O4. The molecule has 25 heavy (non-hydrogen) atoms. The third-order valence-electron chi connectivity index (χ3n) is 4.18. The van der Waals surface area contributed by atoms with Crippen LogP contribution in [0.3, 0.4) is 0 Å². The Kier molecular flexibility index (Phi) is 3.22. The lowest BCUT2D eigenvalue weighted by molar-refractivity contribution is 0.388. The van der Waals surface area contributed by atoms with Gasteiger partial charge in [0.2, 0.25) is 5.88 Å². The van der Waals surface area contributed by atoms with Crippen LogP contribution in [0.5, 0.6) is 11.5 Å². The minimum Gasteiger partial charge on any atom is -0.508 e. The Bertz CT molecular complexity index is 1140. The van der Waals surface area contributed by atoms with Gasteiger partial charge >= 0.3 is 5.63 Å². The van der Waals surface area contributed by atoms with Gasteiger partial charge in [0.1, 0.15) is 23.0 Å². The fourth-order valence-electron chi connectivity index (χ4n) is 3.10. The second-order valence-electron chi connectivity index (χ2n) is 5.65. The van der Waals surface area contributed by atoms with E-state index in [9.17, 15) is 15.2 Å². The molecule has 3 aromatic rings. The molecular weight excluding hydrogens is 320 g/mol. The molecule has 1 atom stereocenters. The van der Waals surface area contributed by atoms with Crippen molar-refractivity contribution in [2.45, 2.75) is 5.92 Å². The van der Waals surface area contributed by atoms with Gasteiger partial charge in [0.25, 0.3) is 0 Å². The number of phenols is 1. The van der Waals surface area contributed by atoms with Gasteiger partial charge in [-0.1, -0.05) is 24.3 Å². The molecule has 1 aromatic heterocycles. The predicted molar refractivity (Wildman–Crippen MR) is 89.9 cm³/mol. The summed E-state index contributed by atoms with van der Waals surface area (Å²) < 4.78 is 11.0. The Hall–Kier alpha value is -3.72. The maximum absolute atomic E-state index is 12.6. The normalized spacial score (nSPS) is 16.2. The Morgan fingerprint density at radius 2 is 1.96 bits per heavy atom. The summed E-state index contributed by atoms with van der Waals surface area (Å²) in [6.07, 6.45) is 0. The van der Waals surface area contributed by atoms with E-state index >= 15 is 0 Å². The van der Waals surface area contributed by atoms with E-state index in [4.69, 9.17) is 14.9 Å². The molecule has 0 bridgehead atoms. The number of aromatic hydroxyl groups is 1. The first-order valence-electron chi connectivity index (χ1n) is 7.52. The lowest BCUT2D eigenvalue weighted by Crippen LogP contribution is -2.26. The van der Waals surface area contributed by atoms with Gasteiger partial charge < -0.3 is 20.0 Å². The quantitative estimate of drug-likeness (QED) is 0.663. The number of rotatable bonds is 1. The molecule has 0 fully saturated rings. The molecule has 1 aliphatic heterocycles. The largest absolute Gasteiger partial charge is 0.508 e. The summed E-state index contributed by atoms with van der Waals surface area (Å²) in [5.74, 6) is -0.552. The minimum absolute atomic E-state index is 0.0200. The van der Waals surface area contributed by atoms with Crippen molar-refractivity contribution in [2.24, 2.45) is 5.73 Å². The molecule has 0 aliphatic carbocycles. The van der Waals surface area contributed by atoms with Gasteiger partial charge in [-0.2, -0.15) is 5.26 Å². The summed E-state index contributed by atoms with van der Waals surface area (Å²) in [6.45, 7) is 0. The topological polar surface area (TPSA) is 109 Å². The lowest BCUT2D eigenvalue weighted by atomic mass is 9.84. The zero-order chi connectivity index (χ0) is 17.6. The fraction of sp³-hybridized carbons (Fsp3) is 0.0526. The fourth-order valence-corrected chi connectivity index (χ4v) is 3.10. The smallest absolute Gasteiger partial charge is 0.344 e. The number of phenolic OH excluding ortho intramolecular Hbond substituents is 1. The van der Waals surface area contributed by atoms with Gasteiger partial charge in [-0.05, 0) is 29.8 Å². The SMILES string of the molecule is N#CC1=C(N)Oc2c(c(=O)oc3ccccc23)[C@H]1c1cccc(O)c1. The molecule has 3 N–H and O–H groups in total. The standard InChI is InChI=1S/C19H12N2O4/c20-9-13-15(10-4-3-5-11(22)8-10)16-17(25-18(13)21)12-6-1-2-7-14(12)24-19(16)23/h1-8,15,22H,21H2/t15-/m0/s1. The third-order valence-corrected chi connectivity index (χ3v) is 4.18. The first kappa shape index (κ1) is 14.8. The van der Waals surface area contributed by atoms with Crippen molar-refractivity contribution in [3.8, 4) is 17.6 Å². The van der Waals surface area contributed by atoms with Crippen LogP contribution in [0.15, 0.2) is 69.2 Å². The Balaban J connectivity index is 2.10. The molecule has 0 spiro atoms. The average molecular weight is 332 g/mol. The van der Waals surface area contributed by atoms with Crippen molar-refractivity contribution in [1.82, 2.24) is 0 Å². The Labute approximate surface area is 142 Å². The number of allylic oxidation sites excluding steroid dienone is 1. The van der Waals surface area contributed by atoms with E-state index in [1.54, 1.807) is 36.4 Å². The van der Waals surface area contributed by atoms with Crippen LogP contribution in [-0.2, 0) is 0 Å². The van der Waals surface area contributed by atoms with Gasteiger partial charge in [-0.15, -0.1) is 0 Å². The second-order valence-corrected chi connectivity index (χ2v) is 5.65. The molecule has 2 heterocycles. The van der Waals surface area contributed by atoms with Gasteiger partial charge in [-0.3, -0.25) is 0 Å². The van der Waals surface area contributed by atoms with Gasteiger partial charge in [0.15, 0.2) is 5.75 Å². The summed E-state index contributed by atoms with van der Waals surface area (Å²) in [7, 11) is 0. The molecule has 0 radical (unpaired) electrons. The molecule has 0 amide bonds. The number of nitrogens with two attached hydrogens (primary N) is 1. The van der Waals surface area contributed by atoms with Gasteiger partial charge in [0, 0.05) is 0 Å². The first-order chi connectivity index (χ1) is 12.1. The van der Waals surface area contributed by atoms with E-state index in [-0.39, 0.29) is 28.5 Å². The third kappa shape index (κ3) is 2.22. The zero-order valence-corrected chi connectivity index (χ0v) is 12.9. The highest BCUT2D eigenvalue weighted by Crippen LogP contribution is 2.43. The monoisotopic (exact) mass is 332 g/mol. The molecule has 4 rings (SSSR count). The Morgan fingerprint density at radius 3 is 2.72 bits per heavy atom. The Morgan fingerprint density at radius 1 is 1.16 bits per heavy atom. The summed E-state index contributed by atoms with van der Waals surface area (Å²) >= 11 is 0. The molecule has 0 saturated heterocycles. The van der Waals surface area contributed by atoms with Gasteiger partial charge in [0.05, 0.1) is 16.9 Å². The summed E-state index contributed by atoms with van der Waals surface area (Å²) in [5.41, 5.74) is 6.55. The maximum atomic E-state index is 12.6. The van der Waals surface area contributed by atoms with E-state index in [2.05, 4.69) is 0 Å². The number of benzene rings is 2. The maximum Gasteiger partial charge on any atom is 0.344 e. The molecule has 2 aromatic carbocycles. The number of hydrogen-bond acceptors (Lipinski definition) is 6. The van der Waals surface area contributed by atoms with Crippen LogP contribution in [-0.4, -0.2) is 5.11 Å². The van der Waals surface area contributed by atoms with E-state index in [1.165, 1.54) is 12.1 Å². The minimum atomic E-state index is -0.776. The number of para-hydroxylation sites is 1. The number of ether oxygens (including phenoxy) is 1. The molecule has 0 saturated carbocycles. The van der Waals surface area contributed by atoms with Gasteiger partial charge in [-0.25, -0.2) is 4.79 Å². The molecule has 1 aliphatic rings. The summed E-state index contributed by atoms with van der Waals surface area (Å²) in [4.78, 5) is 12.6. The predicted octanol–water partition coefficient (Wildman–Crippen LogP) is 2.72. The van der Waals surface area contributed by atoms with E-state index < -0.39 is 11.5 Å². The van der Waals surface area contributed by atoms with Crippen LogP contribution < -0.4 is 16.1 Å². The molecule has 122 valence electrons. The number of nitriles is 1. The van der Waals surface area contributed by atoms with Crippen molar-refractivity contribution in [2.75, 3.05) is 0 Å². The van der Waals surface area contributed by atoms with Crippen molar-refractivity contribution in [1.29, 1.82) is 5.26 Å². The highest BCUT2D eigenvalue weighted by Gasteiger charge is 2.35. The van der Waals surface area contributed by atoms with Crippen molar-refractivity contribution in [3.63, 3.8) is 0 Å². The molecule has 0 unspecified atom stereocenters. The van der Waals surface area contributed by atoms with E-state index in [0.717, 1.165) is 0 Å². The number of nitrogens with zero attached hydrogens (tertiary/aromatic N) is 1. The van der Waals surface area contributed by atoms with Crippen LogP contribution in [0.1, 0.15) is 17.0 Å². The van der Waals surface area contributed by atoms with Crippen LogP contribution >= 0.6 is 0 Å². The average Bonchev–Trinajstić information content (AvgIpc) is 2.60. The van der Waals surface area contributed by atoms with Crippen molar-refractivity contribution >= 4 is 11.0 Å². The summed E-state index contributed by atoms with van der Waals surface area (Å²) in [5, 5.41) is 19.9. The van der Waals surface area contributed by atoms with Crippen molar-refractivity contribution < 1.29 is 14.3 Å². The van der Waals surface area contributed by atoms with Crippen LogP contribution in [0.4, 0.5) is 0 Å². The second kappa shape index (κ2) is 5.42. The molecule has 6 heteroatoms. The highest BCUT2D eigenvalue weighted by molar-refractivity contribution is 5.86. The first-order valence-corrected chi connectivity index (χ1v) is 7.52. The van der Waals surface area contributed by atoms with Crippen LogP contribution in [0, 0.1) is 11.3 Å². The highest BCUT2D eigenvalue weighted by atomic mass is 16.5. The van der Waals surface area contributed by atoms with Crippen LogP contribution in [0.25, 0.3) is 11.0 Å². The van der Waals surface area contributed by atoms with Crippen LogP contribution in [0.2, 0.25) is 0 Å². The number of hydrogen-bond donors (Lipinski definition) is 2. The zero-order valence-electron chi connectivity index (χ0n) is 12.9. The van der Waals surface area contributed by atoms with E-state index in [0.29, 0.717) is 16.5 Å². The van der Waals surface area contributed by atoms with E-state index in [1.807, 2.05) is 6.07 Å². The molecule has 6 nitrogen and oxygen atoms in total.